The molecule has 5 rings (SSSR count). The number of ether oxygens (including phenoxy) is 2. The number of hydrogen-bond donors (Lipinski definition) is 2. The van der Waals surface area contributed by atoms with Gasteiger partial charge in [-0.25, -0.2) is 9.37 Å². The quantitative estimate of drug-likeness (QED) is 0.312. The Morgan fingerprint density at radius 1 is 1.20 bits per heavy atom. The number of furan rings is 1. The number of methoxy groups -OCH3 is 1. The first kappa shape index (κ1) is 27.7. The highest BCUT2D eigenvalue weighted by Gasteiger charge is 2.25. The number of carbonyl (C=O) groups excluding carboxylic acids is 1. The van der Waals surface area contributed by atoms with Gasteiger partial charge >= 0.3 is 0 Å². The van der Waals surface area contributed by atoms with Crippen LogP contribution in [0.15, 0.2) is 53.3 Å². The van der Waals surface area contributed by atoms with E-state index in [1.165, 1.54) is 19.2 Å². The molecule has 1 aliphatic rings. The second-order valence-electron chi connectivity index (χ2n) is 9.54. The average molecular weight is 569 g/mol. The fraction of sp³-hybridized carbons (Fsp3) is 0.310. The number of halogens is 2. The summed E-state index contributed by atoms with van der Waals surface area (Å²) < 4.78 is 31.6. The Morgan fingerprint density at radius 2 is 1.93 bits per heavy atom. The zero-order chi connectivity index (χ0) is 28.4. The van der Waals surface area contributed by atoms with Gasteiger partial charge in [-0.05, 0) is 36.8 Å². The molecular weight excluding hydrogens is 539 g/mol. The van der Waals surface area contributed by atoms with E-state index in [1.807, 2.05) is 17.0 Å². The topological polar surface area (TPSA) is 114 Å². The minimum Gasteiger partial charge on any atom is -0.496 e. The van der Waals surface area contributed by atoms with Crippen molar-refractivity contribution < 1.29 is 28.2 Å². The molecule has 1 aliphatic heterocycles. The van der Waals surface area contributed by atoms with Crippen LogP contribution in [0.1, 0.15) is 28.9 Å². The maximum absolute atomic E-state index is 14.2. The minimum absolute atomic E-state index is 0.0298. The Bertz CT molecular complexity index is 1520. The number of aliphatic hydroxyl groups is 1. The molecule has 0 unspecified atom stereocenters. The number of carbonyl (C=O) groups is 1. The highest BCUT2D eigenvalue weighted by Crippen LogP contribution is 2.42. The first-order valence-corrected chi connectivity index (χ1v) is 13.3. The first-order chi connectivity index (χ1) is 19.3. The monoisotopic (exact) mass is 568 g/mol. The molecule has 4 aromatic rings. The van der Waals surface area contributed by atoms with Gasteiger partial charge in [0.2, 0.25) is 5.75 Å². The molecular formula is C29H30ClFN4O5. The first-order valence-electron chi connectivity index (χ1n) is 12.9. The molecule has 9 nitrogen and oxygen atoms in total. The fourth-order valence-corrected chi connectivity index (χ4v) is 5.26. The van der Waals surface area contributed by atoms with Crippen molar-refractivity contribution in [3.63, 3.8) is 0 Å². The van der Waals surface area contributed by atoms with Crippen molar-refractivity contribution in [3.05, 3.63) is 70.8 Å². The van der Waals surface area contributed by atoms with Gasteiger partial charge in [-0.15, -0.1) is 0 Å². The van der Waals surface area contributed by atoms with Gasteiger partial charge in [0.25, 0.3) is 5.91 Å². The van der Waals surface area contributed by atoms with Crippen LogP contribution in [0.5, 0.6) is 11.5 Å². The number of aliphatic hydroxyl groups excluding tert-OH is 1. The van der Waals surface area contributed by atoms with Gasteiger partial charge in [0.1, 0.15) is 17.7 Å². The molecule has 1 fully saturated rings. The average Bonchev–Trinajstić information content (AvgIpc) is 3.40. The lowest BCUT2D eigenvalue weighted by Gasteiger charge is -2.34. The lowest BCUT2D eigenvalue weighted by molar-refractivity contribution is 0.0615. The van der Waals surface area contributed by atoms with Gasteiger partial charge in [-0.1, -0.05) is 23.7 Å². The lowest BCUT2D eigenvalue weighted by Crippen LogP contribution is -2.49. The van der Waals surface area contributed by atoms with Crippen LogP contribution in [-0.4, -0.2) is 72.2 Å². The number of rotatable bonds is 8. The van der Waals surface area contributed by atoms with E-state index in [1.54, 1.807) is 31.5 Å². The largest absolute Gasteiger partial charge is 0.496 e. The van der Waals surface area contributed by atoms with E-state index in [9.17, 15) is 9.18 Å². The summed E-state index contributed by atoms with van der Waals surface area (Å²) in [7, 11) is 1.47. The lowest BCUT2D eigenvalue weighted by atomic mass is 10.0. The van der Waals surface area contributed by atoms with Crippen molar-refractivity contribution >= 4 is 34.3 Å². The van der Waals surface area contributed by atoms with Crippen molar-refractivity contribution in [2.24, 2.45) is 0 Å². The summed E-state index contributed by atoms with van der Waals surface area (Å²) in [5, 5.41) is 9.68. The molecule has 210 valence electrons. The van der Waals surface area contributed by atoms with Crippen LogP contribution in [0.4, 0.5) is 10.2 Å². The molecule has 40 heavy (non-hydrogen) atoms. The van der Waals surface area contributed by atoms with Crippen LogP contribution in [0.3, 0.4) is 0 Å². The number of aromatic nitrogens is 1. The molecule has 0 spiro atoms. The Balaban J connectivity index is 1.38. The second-order valence-corrected chi connectivity index (χ2v) is 9.91. The van der Waals surface area contributed by atoms with Crippen molar-refractivity contribution in [3.8, 4) is 22.6 Å². The minimum atomic E-state index is -0.739. The van der Waals surface area contributed by atoms with E-state index in [-0.39, 0.29) is 29.1 Å². The van der Waals surface area contributed by atoms with Crippen molar-refractivity contribution in [2.75, 3.05) is 52.2 Å². The van der Waals surface area contributed by atoms with Crippen LogP contribution in [0, 0.1) is 5.82 Å². The molecule has 1 atom stereocenters. The fourth-order valence-electron chi connectivity index (χ4n) is 4.95. The Kier molecular flexibility index (Phi) is 8.11. The van der Waals surface area contributed by atoms with Gasteiger partial charge in [0.15, 0.2) is 11.4 Å². The molecule has 2 aromatic carbocycles. The number of amides is 1. The smallest absolute Gasteiger partial charge is 0.253 e. The number of pyridine rings is 1. The predicted octanol–water partition coefficient (Wildman–Crippen LogP) is 4.77. The third-order valence-electron chi connectivity index (χ3n) is 7.13. The summed E-state index contributed by atoms with van der Waals surface area (Å²) in [6.45, 7) is 5.15. The zero-order valence-electron chi connectivity index (χ0n) is 22.2. The Labute approximate surface area is 235 Å². The molecule has 2 aromatic heterocycles. The van der Waals surface area contributed by atoms with Crippen LogP contribution >= 0.6 is 11.6 Å². The number of anilines is 1. The molecule has 3 N–H and O–H groups in total. The predicted molar refractivity (Wildman–Crippen MR) is 150 cm³/mol. The van der Waals surface area contributed by atoms with Gasteiger partial charge in [-0.3, -0.25) is 9.69 Å². The van der Waals surface area contributed by atoms with E-state index < -0.39 is 11.9 Å². The van der Waals surface area contributed by atoms with Gasteiger partial charge in [-0.2, -0.15) is 0 Å². The summed E-state index contributed by atoms with van der Waals surface area (Å²) in [6.07, 6.45) is 2.44. The molecule has 0 aliphatic carbocycles. The van der Waals surface area contributed by atoms with Crippen LogP contribution in [-0.2, 0) is 0 Å². The maximum atomic E-state index is 14.2. The number of nitrogens with zero attached hydrogens (tertiary/aromatic N) is 3. The third kappa shape index (κ3) is 5.30. The van der Waals surface area contributed by atoms with Crippen molar-refractivity contribution in [2.45, 2.75) is 13.0 Å². The van der Waals surface area contributed by atoms with E-state index in [0.29, 0.717) is 47.5 Å². The van der Waals surface area contributed by atoms with E-state index in [0.717, 1.165) is 24.2 Å². The number of benzene rings is 2. The highest BCUT2D eigenvalue weighted by molar-refractivity contribution is 6.31. The summed E-state index contributed by atoms with van der Waals surface area (Å²) in [5.74, 6) is 0.0538. The number of hydrogen-bond acceptors (Lipinski definition) is 8. The van der Waals surface area contributed by atoms with Gasteiger partial charge in [0, 0.05) is 50.0 Å². The standard InChI is InChI=1S/C29H30ClFN4O5/c1-17(24-23(38-2)8-7-22(31)25(24)30)40-27-26-20(15-33-28(27)32)21(16-39-26)18-3-5-19(6-4-18)29(37)35-11-9-34(10-12-35)13-14-36/h3-8,15-17,36H,9-14H2,1-2H3,(H2,32,33)/t17-/m1/s1. The van der Waals surface area contributed by atoms with Crippen LogP contribution in [0.25, 0.3) is 22.1 Å². The van der Waals surface area contributed by atoms with Crippen molar-refractivity contribution in [1.29, 1.82) is 0 Å². The number of fused-ring (bicyclic) bond motifs is 1. The molecule has 0 radical (unpaired) electrons. The molecule has 1 saturated heterocycles. The summed E-state index contributed by atoms with van der Waals surface area (Å²) >= 11 is 6.24. The van der Waals surface area contributed by atoms with E-state index in [2.05, 4.69) is 9.88 Å². The molecule has 1 amide bonds. The molecule has 0 saturated carbocycles. The summed E-state index contributed by atoms with van der Waals surface area (Å²) in [5.41, 5.74) is 9.03. The number of β-amino-alcohol motifs (C(OH)–C–C–N with tert-alkyl or cyclic N) is 1. The third-order valence-corrected chi connectivity index (χ3v) is 7.52. The summed E-state index contributed by atoms with van der Waals surface area (Å²) in [6, 6.07) is 10.0. The Hall–Kier alpha value is -3.86. The number of nitrogen functional groups attached to an aromatic ring is 1. The zero-order valence-corrected chi connectivity index (χ0v) is 22.9. The van der Waals surface area contributed by atoms with Crippen molar-refractivity contribution in [1.82, 2.24) is 14.8 Å². The summed E-state index contributed by atoms with van der Waals surface area (Å²) in [4.78, 5) is 21.3. The highest BCUT2D eigenvalue weighted by atomic mass is 35.5. The molecule has 11 heteroatoms. The Morgan fingerprint density at radius 3 is 2.60 bits per heavy atom. The van der Waals surface area contributed by atoms with Crippen LogP contribution < -0.4 is 15.2 Å². The normalized spacial score (nSPS) is 14.9. The van der Waals surface area contributed by atoms with Gasteiger partial charge < -0.3 is 29.6 Å². The van der Waals surface area contributed by atoms with Crippen LogP contribution in [0.2, 0.25) is 5.02 Å². The number of piperazine rings is 1. The van der Waals surface area contributed by atoms with E-state index in [4.69, 9.17) is 36.3 Å². The van der Waals surface area contributed by atoms with Gasteiger partial charge in [0.05, 0.1) is 36.0 Å². The maximum Gasteiger partial charge on any atom is 0.253 e. The molecule has 0 bridgehead atoms. The van der Waals surface area contributed by atoms with E-state index >= 15 is 0 Å². The number of nitrogens with two attached hydrogens (primary N) is 1. The second kappa shape index (κ2) is 11.7. The SMILES string of the molecule is COc1ccc(F)c(Cl)c1[C@@H](C)Oc1c(N)ncc2c(-c3ccc(C(=O)N4CCN(CCO)CC4)cc3)coc12. The molecule has 3 heterocycles.